The van der Waals surface area contributed by atoms with Crippen molar-refractivity contribution in [2.24, 2.45) is 5.92 Å². The molecule has 66 valence electrons. The summed E-state index contributed by atoms with van der Waals surface area (Å²) in [6.45, 7) is 4.16. The number of allylic oxidation sites excluding steroid dienone is 4. The van der Waals surface area contributed by atoms with Crippen LogP contribution >= 0.6 is 11.6 Å². The first-order chi connectivity index (χ1) is 5.61. The van der Waals surface area contributed by atoms with Crippen molar-refractivity contribution in [3.8, 4) is 0 Å². The highest BCUT2D eigenvalue weighted by Gasteiger charge is 2.14. The number of hydrogen-bond donors (Lipinski definition) is 0. The van der Waals surface area contributed by atoms with Gasteiger partial charge in [-0.05, 0) is 42.9 Å². The third-order valence-corrected chi connectivity index (χ3v) is 2.41. The monoisotopic (exact) mass is 184 g/mol. The summed E-state index contributed by atoms with van der Waals surface area (Å²) in [5.74, 6) is 0.470. The second-order valence-corrected chi connectivity index (χ2v) is 3.64. The highest BCUT2D eigenvalue weighted by atomic mass is 35.5. The Bertz CT molecular complexity index is 251. The molecular weight excluding hydrogens is 172 g/mol. The lowest BCUT2D eigenvalue weighted by Gasteiger charge is -2.20. The van der Waals surface area contributed by atoms with Crippen LogP contribution in [0.4, 0.5) is 0 Å². The lowest BCUT2D eigenvalue weighted by molar-refractivity contribution is -0.107. The van der Waals surface area contributed by atoms with Crippen molar-refractivity contribution in [2.45, 2.75) is 26.7 Å². The predicted octanol–water partition coefficient (Wildman–Crippen LogP) is 3.05. The summed E-state index contributed by atoms with van der Waals surface area (Å²) in [6.07, 6.45) is 5.93. The van der Waals surface area contributed by atoms with E-state index in [4.69, 9.17) is 11.6 Å². The van der Waals surface area contributed by atoms with Crippen molar-refractivity contribution in [1.29, 1.82) is 0 Å². The molecule has 2 heteroatoms. The third kappa shape index (κ3) is 2.21. The van der Waals surface area contributed by atoms with E-state index in [2.05, 4.69) is 13.0 Å². The molecule has 0 amide bonds. The Morgan fingerprint density at radius 1 is 1.75 bits per heavy atom. The number of carbonyl (C=O) groups excluding carboxylic acids is 1. The average molecular weight is 185 g/mol. The summed E-state index contributed by atoms with van der Waals surface area (Å²) in [6, 6.07) is 0. The Labute approximate surface area is 78.1 Å². The molecule has 1 unspecified atom stereocenters. The van der Waals surface area contributed by atoms with E-state index in [0.29, 0.717) is 5.92 Å². The molecule has 1 nitrogen and oxygen atoms in total. The van der Waals surface area contributed by atoms with Gasteiger partial charge in [-0.1, -0.05) is 18.6 Å². The summed E-state index contributed by atoms with van der Waals surface area (Å²) in [5, 5.41) is -0.369. The number of carbonyl (C=O) groups is 1. The Morgan fingerprint density at radius 3 is 2.92 bits per heavy atom. The largest absolute Gasteiger partial charge is 0.276 e. The van der Waals surface area contributed by atoms with Gasteiger partial charge in [-0.15, -0.1) is 0 Å². The summed E-state index contributed by atoms with van der Waals surface area (Å²) in [4.78, 5) is 10.7. The Hall–Kier alpha value is -0.560. The molecule has 0 radical (unpaired) electrons. The minimum Gasteiger partial charge on any atom is -0.276 e. The molecule has 0 bridgehead atoms. The zero-order valence-corrected chi connectivity index (χ0v) is 8.19. The topological polar surface area (TPSA) is 17.1 Å². The molecule has 0 aromatic rings. The van der Waals surface area contributed by atoms with Crippen molar-refractivity contribution in [2.75, 3.05) is 0 Å². The van der Waals surface area contributed by atoms with E-state index in [1.807, 2.05) is 6.92 Å². The third-order valence-electron chi connectivity index (χ3n) is 2.31. The number of rotatable bonds is 1. The molecular formula is C10H13ClO. The van der Waals surface area contributed by atoms with Gasteiger partial charge >= 0.3 is 0 Å². The molecule has 0 heterocycles. The van der Waals surface area contributed by atoms with E-state index in [1.54, 1.807) is 0 Å². The van der Waals surface area contributed by atoms with Crippen LogP contribution in [0.3, 0.4) is 0 Å². The van der Waals surface area contributed by atoms with Crippen molar-refractivity contribution in [1.82, 2.24) is 0 Å². The van der Waals surface area contributed by atoms with Crippen molar-refractivity contribution in [3.63, 3.8) is 0 Å². The highest BCUT2D eigenvalue weighted by molar-refractivity contribution is 6.66. The van der Waals surface area contributed by atoms with E-state index in [1.165, 1.54) is 11.6 Å². The van der Waals surface area contributed by atoms with Crippen LogP contribution in [-0.2, 0) is 4.79 Å². The second kappa shape index (κ2) is 3.90. The Balaban J connectivity index is 2.91. The maximum Gasteiger partial charge on any atom is 0.245 e. The zero-order valence-electron chi connectivity index (χ0n) is 7.43. The van der Waals surface area contributed by atoms with Gasteiger partial charge in [-0.3, -0.25) is 4.79 Å². The normalized spacial score (nSPS) is 27.1. The zero-order chi connectivity index (χ0) is 9.14. The Morgan fingerprint density at radius 2 is 2.42 bits per heavy atom. The quantitative estimate of drug-likeness (QED) is 0.452. The highest BCUT2D eigenvalue weighted by Crippen LogP contribution is 2.29. The first-order valence-corrected chi connectivity index (χ1v) is 4.57. The molecule has 0 saturated heterocycles. The number of halogens is 1. The predicted molar refractivity (Wildman–Crippen MR) is 51.1 cm³/mol. The van der Waals surface area contributed by atoms with Gasteiger partial charge in [0.1, 0.15) is 0 Å². The molecule has 0 fully saturated rings. The molecule has 0 spiro atoms. The van der Waals surface area contributed by atoms with Crippen LogP contribution in [0.2, 0.25) is 0 Å². The first-order valence-electron chi connectivity index (χ1n) is 4.19. The molecule has 0 saturated carbocycles. The summed E-state index contributed by atoms with van der Waals surface area (Å²) in [5.41, 5.74) is 2.30. The molecule has 1 atom stereocenters. The molecule has 0 aromatic heterocycles. The number of hydrogen-bond acceptors (Lipinski definition) is 1. The minimum absolute atomic E-state index is 0.369. The fourth-order valence-corrected chi connectivity index (χ4v) is 1.71. The van der Waals surface area contributed by atoms with Gasteiger partial charge in [0.2, 0.25) is 5.24 Å². The van der Waals surface area contributed by atoms with Gasteiger partial charge in [0.15, 0.2) is 0 Å². The van der Waals surface area contributed by atoms with Gasteiger partial charge in [-0.2, -0.15) is 0 Å². The van der Waals surface area contributed by atoms with E-state index < -0.39 is 0 Å². The Kier molecular flexibility index (Phi) is 3.10. The van der Waals surface area contributed by atoms with Crippen molar-refractivity contribution >= 4 is 16.8 Å². The van der Waals surface area contributed by atoms with E-state index in [0.717, 1.165) is 18.4 Å². The summed E-state index contributed by atoms with van der Waals surface area (Å²) >= 11 is 5.30. The SMILES string of the molecule is CC1=CCCC(C)/C1=C/C(=O)Cl. The fourth-order valence-electron chi connectivity index (χ4n) is 1.59. The van der Waals surface area contributed by atoms with E-state index >= 15 is 0 Å². The molecule has 0 aromatic carbocycles. The summed E-state index contributed by atoms with van der Waals surface area (Å²) < 4.78 is 0. The standard InChI is InChI=1S/C10H13ClO/c1-7-4-3-5-8(2)9(7)6-10(11)12/h4,6,8H,3,5H2,1-2H3/b9-6+. The van der Waals surface area contributed by atoms with Gasteiger partial charge < -0.3 is 0 Å². The lowest BCUT2D eigenvalue weighted by atomic mass is 9.85. The van der Waals surface area contributed by atoms with Crippen LogP contribution in [0.25, 0.3) is 0 Å². The molecule has 0 aliphatic heterocycles. The molecule has 0 N–H and O–H groups in total. The van der Waals surface area contributed by atoms with Gasteiger partial charge in [0, 0.05) is 6.08 Å². The average Bonchev–Trinajstić information content (AvgIpc) is 1.97. The molecule has 1 aliphatic carbocycles. The van der Waals surface area contributed by atoms with E-state index in [9.17, 15) is 4.79 Å². The maximum atomic E-state index is 10.7. The lowest BCUT2D eigenvalue weighted by Crippen LogP contribution is -2.06. The maximum absolute atomic E-state index is 10.7. The molecule has 1 rings (SSSR count). The van der Waals surface area contributed by atoms with Crippen LogP contribution in [0.15, 0.2) is 23.3 Å². The smallest absolute Gasteiger partial charge is 0.245 e. The van der Waals surface area contributed by atoms with Gasteiger partial charge in [0.05, 0.1) is 0 Å². The van der Waals surface area contributed by atoms with Crippen LogP contribution < -0.4 is 0 Å². The van der Waals surface area contributed by atoms with Gasteiger partial charge in [0.25, 0.3) is 0 Å². The first kappa shape index (κ1) is 9.53. The van der Waals surface area contributed by atoms with E-state index in [-0.39, 0.29) is 5.24 Å². The van der Waals surface area contributed by atoms with Crippen LogP contribution in [0, 0.1) is 5.92 Å². The molecule has 1 aliphatic rings. The van der Waals surface area contributed by atoms with Crippen LogP contribution in [0.1, 0.15) is 26.7 Å². The summed E-state index contributed by atoms with van der Waals surface area (Å²) in [7, 11) is 0. The van der Waals surface area contributed by atoms with Crippen molar-refractivity contribution < 1.29 is 4.79 Å². The van der Waals surface area contributed by atoms with Gasteiger partial charge in [-0.25, -0.2) is 0 Å². The van der Waals surface area contributed by atoms with Crippen molar-refractivity contribution in [3.05, 3.63) is 23.3 Å². The molecule has 12 heavy (non-hydrogen) atoms. The second-order valence-electron chi connectivity index (χ2n) is 3.27. The minimum atomic E-state index is -0.369. The van der Waals surface area contributed by atoms with Crippen LogP contribution in [0.5, 0.6) is 0 Å². The van der Waals surface area contributed by atoms with Crippen LogP contribution in [-0.4, -0.2) is 5.24 Å². The fraction of sp³-hybridized carbons (Fsp3) is 0.500.